The fourth-order valence-corrected chi connectivity index (χ4v) is 1.85. The summed E-state index contributed by atoms with van der Waals surface area (Å²) in [5.74, 6) is 0. The summed E-state index contributed by atoms with van der Waals surface area (Å²) in [5.41, 5.74) is 1.27. The molecule has 3 heteroatoms. The predicted molar refractivity (Wildman–Crippen MR) is 50.5 cm³/mol. The number of nitrogens with one attached hydrogen (secondary N) is 1. The molecule has 0 amide bonds. The van der Waals surface area contributed by atoms with Crippen LogP contribution in [-0.2, 0) is 4.18 Å². The average Bonchev–Trinajstić information content (AvgIpc) is 2.21. The maximum Gasteiger partial charge on any atom is 0.0999 e. The molecule has 1 unspecified atom stereocenters. The van der Waals surface area contributed by atoms with Gasteiger partial charge in [0, 0.05) is 6.54 Å². The normalized spacial score (nSPS) is 23.8. The van der Waals surface area contributed by atoms with Crippen LogP contribution in [-0.4, -0.2) is 6.54 Å². The van der Waals surface area contributed by atoms with Gasteiger partial charge in [-0.3, -0.25) is 4.18 Å². The van der Waals surface area contributed by atoms with Gasteiger partial charge in [0.1, 0.15) is 0 Å². The molecule has 0 aromatic heterocycles. The first kappa shape index (κ1) is 8.10. The zero-order valence-corrected chi connectivity index (χ0v) is 7.51. The molecule has 2 rings (SSSR count). The van der Waals surface area contributed by atoms with Crippen LogP contribution >= 0.6 is 12.2 Å². The van der Waals surface area contributed by atoms with E-state index in [1.54, 1.807) is 0 Å². The van der Waals surface area contributed by atoms with Crippen LogP contribution in [0.3, 0.4) is 0 Å². The van der Waals surface area contributed by atoms with Crippen molar-refractivity contribution in [3.8, 4) is 0 Å². The Labute approximate surface area is 76.7 Å². The van der Waals surface area contributed by atoms with Gasteiger partial charge in [-0.2, -0.15) is 0 Å². The van der Waals surface area contributed by atoms with Crippen molar-refractivity contribution >= 4 is 12.2 Å². The highest BCUT2D eigenvalue weighted by Crippen LogP contribution is 2.27. The van der Waals surface area contributed by atoms with E-state index in [2.05, 4.69) is 16.9 Å². The fourth-order valence-electron chi connectivity index (χ4n) is 1.26. The molecule has 12 heavy (non-hydrogen) atoms. The Kier molecular flexibility index (Phi) is 2.66. The summed E-state index contributed by atoms with van der Waals surface area (Å²) in [7, 11) is 0. The van der Waals surface area contributed by atoms with Gasteiger partial charge in [0.25, 0.3) is 0 Å². The molecule has 1 aliphatic heterocycles. The van der Waals surface area contributed by atoms with Crippen LogP contribution in [0.4, 0.5) is 0 Å². The van der Waals surface area contributed by atoms with E-state index in [4.69, 9.17) is 4.18 Å². The van der Waals surface area contributed by atoms with Gasteiger partial charge < -0.3 is 0 Å². The van der Waals surface area contributed by atoms with Gasteiger partial charge >= 0.3 is 0 Å². The second kappa shape index (κ2) is 3.94. The molecule has 2 nitrogen and oxygen atoms in total. The number of benzene rings is 1. The molecule has 1 fully saturated rings. The number of rotatable bonds is 1. The molecule has 1 aliphatic rings. The molecule has 1 heterocycles. The van der Waals surface area contributed by atoms with Gasteiger partial charge in [-0.1, -0.05) is 30.3 Å². The van der Waals surface area contributed by atoms with Crippen LogP contribution in [0.15, 0.2) is 30.3 Å². The second-order valence-corrected chi connectivity index (χ2v) is 3.41. The van der Waals surface area contributed by atoms with Crippen molar-refractivity contribution in [1.29, 1.82) is 0 Å². The molecule has 64 valence electrons. The number of hydrogen-bond acceptors (Lipinski definition) is 3. The van der Waals surface area contributed by atoms with Crippen LogP contribution < -0.4 is 4.72 Å². The standard InChI is InChI=1S/C9H11NOS/c1-2-4-8(5-3-1)9-6-7-10-12-11-9/h1-5,9-10H,6-7H2. The Morgan fingerprint density at radius 2 is 2.17 bits per heavy atom. The zero-order chi connectivity index (χ0) is 8.23. The zero-order valence-electron chi connectivity index (χ0n) is 6.69. The van der Waals surface area contributed by atoms with Gasteiger partial charge in [-0.15, -0.1) is 0 Å². The van der Waals surface area contributed by atoms with Crippen LogP contribution in [0, 0.1) is 0 Å². The van der Waals surface area contributed by atoms with E-state index in [9.17, 15) is 0 Å². The van der Waals surface area contributed by atoms with Crippen LogP contribution in [0.25, 0.3) is 0 Å². The van der Waals surface area contributed by atoms with Crippen molar-refractivity contribution in [2.24, 2.45) is 0 Å². The van der Waals surface area contributed by atoms with Crippen molar-refractivity contribution < 1.29 is 4.18 Å². The molecule has 0 spiro atoms. The lowest BCUT2D eigenvalue weighted by Gasteiger charge is -2.21. The topological polar surface area (TPSA) is 21.3 Å². The predicted octanol–water partition coefficient (Wildman–Crippen LogP) is 2.30. The van der Waals surface area contributed by atoms with Crippen molar-refractivity contribution in [3.05, 3.63) is 35.9 Å². The van der Waals surface area contributed by atoms with Gasteiger partial charge in [-0.05, 0) is 12.0 Å². The highest BCUT2D eigenvalue weighted by atomic mass is 32.2. The van der Waals surface area contributed by atoms with Gasteiger partial charge in [0.15, 0.2) is 0 Å². The van der Waals surface area contributed by atoms with Crippen LogP contribution in [0.1, 0.15) is 18.1 Å². The Morgan fingerprint density at radius 3 is 2.83 bits per heavy atom. The molecule has 0 saturated carbocycles. The molecule has 0 aliphatic carbocycles. The second-order valence-electron chi connectivity index (χ2n) is 2.76. The van der Waals surface area contributed by atoms with E-state index in [0.717, 1.165) is 13.0 Å². The Hall–Kier alpha value is -0.510. The minimum atomic E-state index is 0.262. The molecule has 1 saturated heterocycles. The van der Waals surface area contributed by atoms with Crippen molar-refractivity contribution in [1.82, 2.24) is 4.72 Å². The van der Waals surface area contributed by atoms with Gasteiger partial charge in [0.05, 0.1) is 18.3 Å². The first-order valence-corrected chi connectivity index (χ1v) is 4.81. The fraction of sp³-hybridized carbons (Fsp3) is 0.333. The van der Waals surface area contributed by atoms with E-state index in [0.29, 0.717) is 0 Å². The molecule has 1 atom stereocenters. The first-order chi connectivity index (χ1) is 5.97. The molecule has 0 bridgehead atoms. The van der Waals surface area contributed by atoms with E-state index in [1.807, 2.05) is 18.2 Å². The first-order valence-electron chi connectivity index (χ1n) is 4.07. The summed E-state index contributed by atoms with van der Waals surface area (Å²) in [6.45, 7) is 1.02. The molecular formula is C9H11NOS. The maximum atomic E-state index is 5.47. The van der Waals surface area contributed by atoms with Gasteiger partial charge in [-0.25, -0.2) is 4.72 Å². The largest absolute Gasteiger partial charge is 0.293 e. The van der Waals surface area contributed by atoms with Crippen molar-refractivity contribution in [2.45, 2.75) is 12.5 Å². The SMILES string of the molecule is c1ccc(C2CCNSO2)cc1. The third kappa shape index (κ3) is 1.80. The minimum Gasteiger partial charge on any atom is -0.293 e. The Balaban J connectivity index is 2.08. The summed E-state index contributed by atoms with van der Waals surface area (Å²) in [6.07, 6.45) is 1.31. The van der Waals surface area contributed by atoms with Crippen LogP contribution in [0.5, 0.6) is 0 Å². The van der Waals surface area contributed by atoms with E-state index < -0.39 is 0 Å². The highest BCUT2D eigenvalue weighted by Gasteiger charge is 2.15. The molecule has 1 aromatic carbocycles. The summed E-state index contributed by atoms with van der Waals surface area (Å²) in [6, 6.07) is 10.3. The van der Waals surface area contributed by atoms with Crippen LogP contribution in [0.2, 0.25) is 0 Å². The van der Waals surface area contributed by atoms with E-state index in [-0.39, 0.29) is 6.10 Å². The van der Waals surface area contributed by atoms with E-state index in [1.165, 1.54) is 17.8 Å². The van der Waals surface area contributed by atoms with Crippen molar-refractivity contribution in [2.75, 3.05) is 6.54 Å². The number of hydrogen-bond donors (Lipinski definition) is 1. The quantitative estimate of drug-likeness (QED) is 0.530. The lowest BCUT2D eigenvalue weighted by Crippen LogP contribution is -2.18. The summed E-state index contributed by atoms with van der Waals surface area (Å²) in [4.78, 5) is 0. The summed E-state index contributed by atoms with van der Waals surface area (Å²) >= 11 is 1.35. The van der Waals surface area contributed by atoms with Crippen molar-refractivity contribution in [3.63, 3.8) is 0 Å². The maximum absolute atomic E-state index is 5.47. The molecule has 1 aromatic rings. The summed E-state index contributed by atoms with van der Waals surface area (Å²) < 4.78 is 8.55. The highest BCUT2D eigenvalue weighted by molar-refractivity contribution is 7.92. The smallest absolute Gasteiger partial charge is 0.0999 e. The Bertz CT molecular complexity index is 234. The third-order valence-corrected chi connectivity index (χ3v) is 2.55. The Morgan fingerprint density at radius 1 is 1.33 bits per heavy atom. The van der Waals surface area contributed by atoms with E-state index >= 15 is 0 Å². The average molecular weight is 181 g/mol. The third-order valence-electron chi connectivity index (χ3n) is 1.90. The lowest BCUT2D eigenvalue weighted by molar-refractivity contribution is 0.218. The molecule has 1 N–H and O–H groups in total. The molecule has 0 radical (unpaired) electrons. The van der Waals surface area contributed by atoms with Gasteiger partial charge in [0.2, 0.25) is 0 Å². The molecular weight excluding hydrogens is 170 g/mol. The lowest BCUT2D eigenvalue weighted by atomic mass is 10.1. The monoisotopic (exact) mass is 181 g/mol. The summed E-state index contributed by atoms with van der Waals surface area (Å²) in [5, 5.41) is 0. The minimum absolute atomic E-state index is 0.262.